The maximum Gasteiger partial charge on any atom is 0.346 e. The first-order valence-corrected chi connectivity index (χ1v) is 7.07. The van der Waals surface area contributed by atoms with Crippen LogP contribution in [0.15, 0.2) is 36.4 Å². The zero-order chi connectivity index (χ0) is 15.1. The molecule has 2 aromatic carbocycles. The normalized spacial score (nSPS) is 11.0. The highest BCUT2D eigenvalue weighted by Crippen LogP contribution is 2.39. The summed E-state index contributed by atoms with van der Waals surface area (Å²) in [5, 5.41) is 9.85. The summed E-state index contributed by atoms with van der Waals surface area (Å²) in [5.41, 5.74) is 0.769. The molecule has 1 aromatic heterocycles. The Labute approximate surface area is 127 Å². The Morgan fingerprint density at radius 1 is 1.14 bits per heavy atom. The fourth-order valence-corrected chi connectivity index (χ4v) is 3.37. The molecule has 0 atom stereocenters. The predicted molar refractivity (Wildman–Crippen MR) is 79.1 cm³/mol. The fraction of sp³-hybridized carbons (Fsp3) is 0. The molecule has 0 fully saturated rings. The summed E-state index contributed by atoms with van der Waals surface area (Å²) < 4.78 is 27.4. The first kappa shape index (κ1) is 14.0. The number of rotatable bonds is 2. The van der Waals surface area contributed by atoms with Crippen molar-refractivity contribution in [3.05, 3.63) is 57.9 Å². The van der Waals surface area contributed by atoms with Crippen LogP contribution in [-0.2, 0) is 0 Å². The molecule has 0 bridgehead atoms. The van der Waals surface area contributed by atoms with Crippen LogP contribution < -0.4 is 0 Å². The molecule has 0 aliphatic heterocycles. The Bertz CT molecular complexity index is 873. The third kappa shape index (κ3) is 2.39. The van der Waals surface area contributed by atoms with Gasteiger partial charge in [-0.1, -0.05) is 17.7 Å². The molecule has 0 aliphatic carbocycles. The summed E-state index contributed by atoms with van der Waals surface area (Å²) in [6.07, 6.45) is 0. The fourth-order valence-electron chi connectivity index (χ4n) is 2.16. The number of benzene rings is 2. The average Bonchev–Trinajstić information content (AvgIpc) is 2.80. The van der Waals surface area contributed by atoms with E-state index in [4.69, 9.17) is 11.6 Å². The molecule has 0 saturated heterocycles. The van der Waals surface area contributed by atoms with E-state index in [1.54, 1.807) is 6.07 Å². The van der Waals surface area contributed by atoms with Crippen LogP contribution in [-0.4, -0.2) is 11.1 Å². The van der Waals surface area contributed by atoms with Gasteiger partial charge in [-0.15, -0.1) is 11.3 Å². The Kier molecular flexibility index (Phi) is 3.39. The standard InChI is InChI=1S/C15H7ClF2O2S/c16-10-4-1-7(5-11(10)18)13-9-3-2-8(17)6-12(9)21-14(13)15(19)20/h1-6H,(H,19,20). The van der Waals surface area contributed by atoms with Crippen molar-refractivity contribution >= 4 is 39.0 Å². The van der Waals surface area contributed by atoms with Crippen molar-refractivity contribution in [2.24, 2.45) is 0 Å². The van der Waals surface area contributed by atoms with Crippen molar-refractivity contribution in [1.29, 1.82) is 0 Å². The molecule has 0 spiro atoms. The maximum absolute atomic E-state index is 13.6. The topological polar surface area (TPSA) is 37.3 Å². The van der Waals surface area contributed by atoms with E-state index < -0.39 is 17.6 Å². The van der Waals surface area contributed by atoms with Gasteiger partial charge in [0.15, 0.2) is 0 Å². The number of carboxylic acids is 1. The monoisotopic (exact) mass is 324 g/mol. The van der Waals surface area contributed by atoms with Gasteiger partial charge in [0.1, 0.15) is 16.5 Å². The molecular formula is C15H7ClF2O2S. The van der Waals surface area contributed by atoms with Gasteiger partial charge in [0.25, 0.3) is 0 Å². The number of thiophene rings is 1. The molecule has 6 heteroatoms. The highest BCUT2D eigenvalue weighted by atomic mass is 35.5. The van der Waals surface area contributed by atoms with E-state index in [1.165, 1.54) is 30.3 Å². The Morgan fingerprint density at radius 3 is 2.57 bits per heavy atom. The van der Waals surface area contributed by atoms with E-state index in [0.29, 0.717) is 21.2 Å². The van der Waals surface area contributed by atoms with Gasteiger partial charge >= 0.3 is 5.97 Å². The Morgan fingerprint density at radius 2 is 1.90 bits per heavy atom. The van der Waals surface area contributed by atoms with E-state index in [1.807, 2.05) is 0 Å². The first-order chi connectivity index (χ1) is 9.97. The van der Waals surface area contributed by atoms with Crippen molar-refractivity contribution in [3.63, 3.8) is 0 Å². The SMILES string of the molecule is O=C(O)c1sc2cc(F)ccc2c1-c1ccc(Cl)c(F)c1. The van der Waals surface area contributed by atoms with Gasteiger partial charge in [0.05, 0.1) is 5.02 Å². The lowest BCUT2D eigenvalue weighted by atomic mass is 10.0. The Hall–Kier alpha value is -1.98. The number of carbonyl (C=O) groups is 1. The molecule has 0 unspecified atom stereocenters. The van der Waals surface area contributed by atoms with Crippen molar-refractivity contribution in [3.8, 4) is 11.1 Å². The minimum atomic E-state index is -1.14. The van der Waals surface area contributed by atoms with Gasteiger partial charge in [-0.2, -0.15) is 0 Å². The molecule has 0 aliphatic rings. The quantitative estimate of drug-likeness (QED) is 0.703. The molecule has 0 amide bonds. The van der Waals surface area contributed by atoms with Gasteiger partial charge in [-0.25, -0.2) is 13.6 Å². The minimum Gasteiger partial charge on any atom is -0.477 e. The largest absolute Gasteiger partial charge is 0.477 e. The molecule has 21 heavy (non-hydrogen) atoms. The van der Waals surface area contributed by atoms with Crippen molar-refractivity contribution in [2.45, 2.75) is 0 Å². The molecular weight excluding hydrogens is 318 g/mol. The van der Waals surface area contributed by atoms with Gasteiger partial charge in [0.2, 0.25) is 0 Å². The van der Waals surface area contributed by atoms with Crippen LogP contribution in [0.25, 0.3) is 21.2 Å². The lowest BCUT2D eigenvalue weighted by Crippen LogP contribution is -1.95. The van der Waals surface area contributed by atoms with Crippen LogP contribution in [0.5, 0.6) is 0 Å². The van der Waals surface area contributed by atoms with E-state index in [0.717, 1.165) is 11.3 Å². The number of hydrogen-bond acceptors (Lipinski definition) is 2. The summed E-state index contributed by atoms with van der Waals surface area (Å²) in [5.74, 6) is -2.22. The molecule has 3 aromatic rings. The summed E-state index contributed by atoms with van der Waals surface area (Å²) >= 11 is 6.60. The number of halogens is 3. The van der Waals surface area contributed by atoms with Gasteiger partial charge in [-0.3, -0.25) is 0 Å². The highest BCUT2D eigenvalue weighted by molar-refractivity contribution is 7.21. The first-order valence-electron chi connectivity index (χ1n) is 5.88. The van der Waals surface area contributed by atoms with Gasteiger partial charge in [0, 0.05) is 15.6 Å². The van der Waals surface area contributed by atoms with Crippen LogP contribution in [0.1, 0.15) is 9.67 Å². The number of hydrogen-bond donors (Lipinski definition) is 1. The van der Waals surface area contributed by atoms with Crippen molar-refractivity contribution < 1.29 is 18.7 Å². The smallest absolute Gasteiger partial charge is 0.346 e. The van der Waals surface area contributed by atoms with Crippen molar-refractivity contribution in [2.75, 3.05) is 0 Å². The molecule has 1 heterocycles. The second kappa shape index (κ2) is 5.09. The van der Waals surface area contributed by atoms with Crippen LogP contribution in [0.4, 0.5) is 8.78 Å². The molecule has 3 rings (SSSR count). The molecule has 2 nitrogen and oxygen atoms in total. The van der Waals surface area contributed by atoms with Crippen molar-refractivity contribution in [1.82, 2.24) is 0 Å². The minimum absolute atomic E-state index is 0.0392. The summed E-state index contributed by atoms with van der Waals surface area (Å²) in [7, 11) is 0. The van der Waals surface area contributed by atoms with Gasteiger partial charge in [-0.05, 0) is 35.9 Å². The Balaban J connectivity index is 2.36. The van der Waals surface area contributed by atoms with Crippen LogP contribution in [0, 0.1) is 11.6 Å². The molecule has 0 saturated carbocycles. The zero-order valence-electron chi connectivity index (χ0n) is 10.4. The average molecular weight is 325 g/mol. The zero-order valence-corrected chi connectivity index (χ0v) is 11.9. The lowest BCUT2D eigenvalue weighted by molar-refractivity contribution is 0.0703. The second-order valence-corrected chi connectivity index (χ2v) is 5.84. The predicted octanol–water partition coefficient (Wildman–Crippen LogP) is 5.20. The summed E-state index contributed by atoms with van der Waals surface area (Å²) in [6.45, 7) is 0. The molecule has 0 radical (unpaired) electrons. The third-order valence-corrected chi connectivity index (χ3v) is 4.50. The second-order valence-electron chi connectivity index (χ2n) is 4.38. The van der Waals surface area contributed by atoms with E-state index in [2.05, 4.69) is 0 Å². The number of aromatic carboxylic acids is 1. The van der Waals surface area contributed by atoms with E-state index in [-0.39, 0.29) is 9.90 Å². The third-order valence-electron chi connectivity index (χ3n) is 3.05. The summed E-state index contributed by atoms with van der Waals surface area (Å²) in [4.78, 5) is 11.4. The number of fused-ring (bicyclic) bond motifs is 1. The maximum atomic E-state index is 13.6. The molecule has 106 valence electrons. The van der Waals surface area contributed by atoms with Crippen LogP contribution in [0.3, 0.4) is 0 Å². The van der Waals surface area contributed by atoms with E-state index in [9.17, 15) is 18.7 Å². The van der Waals surface area contributed by atoms with Crippen LogP contribution in [0.2, 0.25) is 5.02 Å². The molecule has 1 N–H and O–H groups in total. The number of carboxylic acid groups (broad SMARTS) is 1. The summed E-state index contributed by atoms with van der Waals surface area (Å²) in [6, 6.07) is 8.10. The van der Waals surface area contributed by atoms with Gasteiger partial charge < -0.3 is 5.11 Å². The van der Waals surface area contributed by atoms with E-state index >= 15 is 0 Å². The van der Waals surface area contributed by atoms with Crippen LogP contribution >= 0.6 is 22.9 Å². The lowest BCUT2D eigenvalue weighted by Gasteiger charge is -2.04. The highest BCUT2D eigenvalue weighted by Gasteiger charge is 2.20.